The molecule has 0 spiro atoms. The molecule has 0 amide bonds. The normalized spacial score (nSPS) is 21.8. The molecular weight excluding hydrogens is 228 g/mol. The molecule has 0 bridgehead atoms. The minimum atomic E-state index is -0.329. The number of benzene rings is 1. The Hall–Kier alpha value is -1.06. The van der Waals surface area contributed by atoms with E-state index in [9.17, 15) is 5.11 Å². The van der Waals surface area contributed by atoms with Crippen molar-refractivity contribution >= 4 is 0 Å². The lowest BCUT2D eigenvalue weighted by atomic mass is 9.82. The topological polar surface area (TPSA) is 38.7 Å². The number of aliphatic hydroxyl groups is 1. The third-order valence-electron chi connectivity index (χ3n) is 3.78. The average molecular weight is 250 g/mol. The molecule has 3 atom stereocenters. The molecule has 0 saturated carbocycles. The van der Waals surface area contributed by atoms with Crippen molar-refractivity contribution < 1.29 is 14.6 Å². The second kappa shape index (κ2) is 6.21. The molecule has 1 aliphatic heterocycles. The zero-order valence-corrected chi connectivity index (χ0v) is 11.1. The van der Waals surface area contributed by atoms with Crippen LogP contribution in [0.5, 0.6) is 5.75 Å². The van der Waals surface area contributed by atoms with Crippen molar-refractivity contribution in [3.63, 3.8) is 0 Å². The van der Waals surface area contributed by atoms with Crippen LogP contribution in [-0.2, 0) is 4.74 Å². The molecule has 3 heteroatoms. The highest BCUT2D eigenvalue weighted by molar-refractivity contribution is 5.38. The van der Waals surface area contributed by atoms with E-state index in [0.717, 1.165) is 24.2 Å². The molecule has 18 heavy (non-hydrogen) atoms. The number of methoxy groups -OCH3 is 1. The number of hydrogen-bond donors (Lipinski definition) is 1. The van der Waals surface area contributed by atoms with E-state index in [4.69, 9.17) is 9.47 Å². The number of fused-ring (bicyclic) bond motifs is 1. The van der Waals surface area contributed by atoms with E-state index in [1.807, 2.05) is 18.2 Å². The number of ether oxygens (including phenoxy) is 2. The van der Waals surface area contributed by atoms with Gasteiger partial charge in [0, 0.05) is 19.6 Å². The molecule has 0 saturated heterocycles. The Kier molecular flexibility index (Phi) is 4.61. The average Bonchev–Trinajstić information content (AvgIpc) is 2.43. The minimum absolute atomic E-state index is 0.182. The highest BCUT2D eigenvalue weighted by atomic mass is 16.5. The van der Waals surface area contributed by atoms with Gasteiger partial charge in [0.15, 0.2) is 0 Å². The summed E-state index contributed by atoms with van der Waals surface area (Å²) in [4.78, 5) is 0. The molecule has 0 radical (unpaired) electrons. The number of para-hydroxylation sites is 1. The Morgan fingerprint density at radius 2 is 2.22 bits per heavy atom. The fourth-order valence-corrected chi connectivity index (χ4v) is 2.60. The summed E-state index contributed by atoms with van der Waals surface area (Å²) in [5.74, 6) is 1.34. The smallest absolute Gasteiger partial charge is 0.122 e. The number of rotatable bonds is 5. The molecule has 3 unspecified atom stereocenters. The van der Waals surface area contributed by atoms with Crippen LogP contribution in [0.25, 0.3) is 0 Å². The van der Waals surface area contributed by atoms with Crippen molar-refractivity contribution in [1.29, 1.82) is 0 Å². The predicted molar refractivity (Wildman–Crippen MR) is 71.0 cm³/mol. The quantitative estimate of drug-likeness (QED) is 0.873. The van der Waals surface area contributed by atoms with E-state index in [1.54, 1.807) is 7.11 Å². The van der Waals surface area contributed by atoms with Gasteiger partial charge in [-0.2, -0.15) is 0 Å². The highest BCUT2D eigenvalue weighted by Gasteiger charge is 2.30. The van der Waals surface area contributed by atoms with Crippen LogP contribution in [0, 0.1) is 5.92 Å². The van der Waals surface area contributed by atoms with Gasteiger partial charge in [0.2, 0.25) is 0 Å². The second-order valence-corrected chi connectivity index (χ2v) is 5.03. The first-order valence-electron chi connectivity index (χ1n) is 6.62. The fraction of sp³-hybridized carbons (Fsp3) is 0.600. The molecular formula is C15H22O3. The predicted octanol–water partition coefficient (Wildman–Crippen LogP) is 2.59. The number of hydrogen-bond acceptors (Lipinski definition) is 3. The van der Waals surface area contributed by atoms with E-state index < -0.39 is 0 Å². The molecule has 1 aliphatic rings. The van der Waals surface area contributed by atoms with Gasteiger partial charge in [-0.1, -0.05) is 25.1 Å². The van der Waals surface area contributed by atoms with E-state index >= 15 is 0 Å². The Morgan fingerprint density at radius 3 is 3.00 bits per heavy atom. The Bertz CT molecular complexity index is 378. The Balaban J connectivity index is 2.09. The van der Waals surface area contributed by atoms with Crippen molar-refractivity contribution in [3.8, 4) is 5.75 Å². The van der Waals surface area contributed by atoms with Crippen molar-refractivity contribution in [2.45, 2.75) is 31.8 Å². The van der Waals surface area contributed by atoms with Crippen LogP contribution in [0.4, 0.5) is 0 Å². The SMILES string of the molecule is COCCC(C)C(O)C1CCOc2ccccc21. The maximum absolute atomic E-state index is 10.5. The van der Waals surface area contributed by atoms with E-state index in [1.165, 1.54) is 0 Å². The molecule has 1 N–H and O–H groups in total. The summed E-state index contributed by atoms with van der Waals surface area (Å²) in [6, 6.07) is 8.02. The molecule has 0 aliphatic carbocycles. The largest absolute Gasteiger partial charge is 0.493 e. The number of aliphatic hydroxyl groups excluding tert-OH is 1. The van der Waals surface area contributed by atoms with Crippen LogP contribution >= 0.6 is 0 Å². The minimum Gasteiger partial charge on any atom is -0.493 e. The Labute approximate surface area is 109 Å². The lowest BCUT2D eigenvalue weighted by Gasteiger charge is -2.32. The van der Waals surface area contributed by atoms with Crippen LogP contribution in [0.3, 0.4) is 0 Å². The summed E-state index contributed by atoms with van der Waals surface area (Å²) in [6.07, 6.45) is 1.44. The van der Waals surface area contributed by atoms with Gasteiger partial charge in [-0.05, 0) is 30.4 Å². The Morgan fingerprint density at radius 1 is 1.44 bits per heavy atom. The molecule has 0 aromatic heterocycles. The maximum Gasteiger partial charge on any atom is 0.122 e. The van der Waals surface area contributed by atoms with Crippen LogP contribution in [0.1, 0.15) is 31.2 Å². The standard InChI is InChI=1S/C15H22O3/c1-11(7-9-17-2)15(16)13-8-10-18-14-6-4-3-5-12(13)14/h3-6,11,13,15-16H,7-10H2,1-2H3. The van der Waals surface area contributed by atoms with Gasteiger partial charge in [-0.3, -0.25) is 0 Å². The summed E-state index contributed by atoms with van der Waals surface area (Å²) < 4.78 is 10.7. The summed E-state index contributed by atoms with van der Waals surface area (Å²) >= 11 is 0. The highest BCUT2D eigenvalue weighted by Crippen LogP contribution is 2.37. The molecule has 2 rings (SSSR count). The molecule has 0 fully saturated rings. The second-order valence-electron chi connectivity index (χ2n) is 5.03. The van der Waals surface area contributed by atoms with Gasteiger partial charge in [-0.25, -0.2) is 0 Å². The molecule has 100 valence electrons. The van der Waals surface area contributed by atoms with Crippen molar-refractivity contribution in [2.24, 2.45) is 5.92 Å². The monoisotopic (exact) mass is 250 g/mol. The first-order valence-corrected chi connectivity index (χ1v) is 6.62. The summed E-state index contributed by atoms with van der Waals surface area (Å²) in [6.45, 7) is 3.47. The lowest BCUT2D eigenvalue weighted by molar-refractivity contribution is 0.0536. The van der Waals surface area contributed by atoms with Crippen LogP contribution in [-0.4, -0.2) is 31.5 Å². The third-order valence-corrected chi connectivity index (χ3v) is 3.78. The van der Waals surface area contributed by atoms with Crippen LogP contribution in [0.2, 0.25) is 0 Å². The lowest BCUT2D eigenvalue weighted by Crippen LogP contribution is -2.30. The van der Waals surface area contributed by atoms with Crippen molar-refractivity contribution in [1.82, 2.24) is 0 Å². The first-order chi connectivity index (χ1) is 8.74. The third kappa shape index (κ3) is 2.85. The van der Waals surface area contributed by atoms with Gasteiger partial charge < -0.3 is 14.6 Å². The van der Waals surface area contributed by atoms with E-state index in [2.05, 4.69) is 13.0 Å². The molecule has 1 aromatic carbocycles. The zero-order chi connectivity index (χ0) is 13.0. The van der Waals surface area contributed by atoms with Gasteiger partial charge >= 0.3 is 0 Å². The summed E-state index contributed by atoms with van der Waals surface area (Å²) in [5, 5.41) is 10.5. The van der Waals surface area contributed by atoms with Crippen LogP contribution in [0.15, 0.2) is 24.3 Å². The van der Waals surface area contributed by atoms with Gasteiger partial charge in [0.25, 0.3) is 0 Å². The zero-order valence-electron chi connectivity index (χ0n) is 11.1. The van der Waals surface area contributed by atoms with Gasteiger partial charge in [-0.15, -0.1) is 0 Å². The van der Waals surface area contributed by atoms with Crippen molar-refractivity contribution in [3.05, 3.63) is 29.8 Å². The fourth-order valence-electron chi connectivity index (χ4n) is 2.60. The summed E-state index contributed by atoms with van der Waals surface area (Å²) in [7, 11) is 1.70. The molecule has 1 heterocycles. The van der Waals surface area contributed by atoms with E-state index in [-0.39, 0.29) is 17.9 Å². The van der Waals surface area contributed by atoms with Crippen molar-refractivity contribution in [2.75, 3.05) is 20.3 Å². The summed E-state index contributed by atoms with van der Waals surface area (Å²) in [5.41, 5.74) is 1.14. The van der Waals surface area contributed by atoms with Crippen LogP contribution < -0.4 is 4.74 Å². The first kappa shape index (κ1) is 13.4. The molecule has 1 aromatic rings. The van der Waals surface area contributed by atoms with Gasteiger partial charge in [0.05, 0.1) is 12.7 Å². The van der Waals surface area contributed by atoms with E-state index in [0.29, 0.717) is 13.2 Å². The van der Waals surface area contributed by atoms with Gasteiger partial charge in [0.1, 0.15) is 5.75 Å². The maximum atomic E-state index is 10.5. The molecule has 3 nitrogen and oxygen atoms in total.